The first-order valence-electron chi connectivity index (χ1n) is 9.11. The van der Waals surface area contributed by atoms with Crippen molar-refractivity contribution in [3.63, 3.8) is 0 Å². The maximum Gasteiger partial charge on any atom is 0.269 e. The molecule has 1 aliphatic rings. The smallest absolute Gasteiger partial charge is 0.269 e. The molecule has 2 aromatic rings. The summed E-state index contributed by atoms with van der Waals surface area (Å²) in [5.41, 5.74) is 2.44. The fraction of sp³-hybridized carbons (Fsp3) is 0.350. The highest BCUT2D eigenvalue weighted by molar-refractivity contribution is 14.0. The first-order valence-corrected chi connectivity index (χ1v) is 9.11. The second kappa shape index (κ2) is 11.0. The van der Waals surface area contributed by atoms with E-state index in [1.165, 1.54) is 17.7 Å². The molecular formula is C20H26IN5O2. The zero-order valence-corrected chi connectivity index (χ0v) is 18.3. The molecule has 0 atom stereocenters. The van der Waals surface area contributed by atoms with E-state index in [1.54, 1.807) is 19.2 Å². The van der Waals surface area contributed by atoms with Gasteiger partial charge in [-0.2, -0.15) is 0 Å². The number of piperazine rings is 1. The molecule has 0 aromatic heterocycles. The number of nitrogens with one attached hydrogen (secondary N) is 1. The number of guanidine groups is 1. The van der Waals surface area contributed by atoms with Crippen LogP contribution in [0.4, 0.5) is 5.69 Å². The molecule has 1 aliphatic heterocycles. The van der Waals surface area contributed by atoms with Crippen LogP contribution in [0.25, 0.3) is 0 Å². The molecule has 1 fully saturated rings. The fourth-order valence-electron chi connectivity index (χ4n) is 3.21. The summed E-state index contributed by atoms with van der Waals surface area (Å²) in [5.74, 6) is 0.868. The maximum absolute atomic E-state index is 10.7. The molecule has 7 nitrogen and oxygen atoms in total. The predicted molar refractivity (Wildman–Crippen MR) is 122 cm³/mol. The second-order valence-corrected chi connectivity index (χ2v) is 6.57. The van der Waals surface area contributed by atoms with Gasteiger partial charge in [-0.3, -0.25) is 20.0 Å². The highest BCUT2D eigenvalue weighted by atomic mass is 127. The lowest BCUT2D eigenvalue weighted by molar-refractivity contribution is -0.384. The number of hydrogen-bond acceptors (Lipinski definition) is 4. The molecule has 3 rings (SSSR count). The molecule has 2 aromatic carbocycles. The van der Waals surface area contributed by atoms with Crippen LogP contribution in [0.3, 0.4) is 0 Å². The molecule has 1 heterocycles. The van der Waals surface area contributed by atoms with Crippen LogP contribution in [0.2, 0.25) is 0 Å². The van der Waals surface area contributed by atoms with Crippen LogP contribution in [0, 0.1) is 10.1 Å². The summed E-state index contributed by atoms with van der Waals surface area (Å²) in [6.45, 7) is 5.40. The maximum atomic E-state index is 10.7. The third kappa shape index (κ3) is 6.16. The minimum atomic E-state index is -0.384. The third-order valence-electron chi connectivity index (χ3n) is 4.73. The molecule has 150 valence electrons. The molecule has 0 radical (unpaired) electrons. The minimum absolute atomic E-state index is 0. The van der Waals surface area contributed by atoms with Gasteiger partial charge in [-0.25, -0.2) is 0 Å². The Morgan fingerprint density at radius 2 is 1.68 bits per heavy atom. The Morgan fingerprint density at radius 1 is 1.04 bits per heavy atom. The van der Waals surface area contributed by atoms with E-state index in [4.69, 9.17) is 0 Å². The van der Waals surface area contributed by atoms with E-state index in [-0.39, 0.29) is 34.6 Å². The summed E-state index contributed by atoms with van der Waals surface area (Å²) in [4.78, 5) is 19.4. The lowest BCUT2D eigenvalue weighted by Crippen LogP contribution is -2.52. The van der Waals surface area contributed by atoms with Crippen molar-refractivity contribution in [2.45, 2.75) is 13.1 Å². The zero-order valence-electron chi connectivity index (χ0n) is 16.0. The lowest BCUT2D eigenvalue weighted by Gasteiger charge is -2.36. The van der Waals surface area contributed by atoms with Crippen LogP contribution < -0.4 is 5.32 Å². The van der Waals surface area contributed by atoms with Gasteiger partial charge in [0.15, 0.2) is 5.96 Å². The van der Waals surface area contributed by atoms with Crippen molar-refractivity contribution in [3.05, 3.63) is 75.8 Å². The molecular weight excluding hydrogens is 469 g/mol. The number of nitro groups is 1. The molecule has 1 saturated heterocycles. The van der Waals surface area contributed by atoms with Crippen LogP contribution in [0.1, 0.15) is 11.1 Å². The van der Waals surface area contributed by atoms with Crippen molar-refractivity contribution in [1.29, 1.82) is 0 Å². The molecule has 0 saturated carbocycles. The van der Waals surface area contributed by atoms with Crippen LogP contribution in [-0.2, 0) is 13.1 Å². The van der Waals surface area contributed by atoms with E-state index in [0.29, 0.717) is 6.54 Å². The van der Waals surface area contributed by atoms with Gasteiger partial charge in [0.1, 0.15) is 0 Å². The quantitative estimate of drug-likeness (QED) is 0.227. The fourth-order valence-corrected chi connectivity index (χ4v) is 3.21. The van der Waals surface area contributed by atoms with Crippen molar-refractivity contribution in [2.24, 2.45) is 4.99 Å². The van der Waals surface area contributed by atoms with Gasteiger partial charge >= 0.3 is 0 Å². The van der Waals surface area contributed by atoms with Gasteiger partial charge < -0.3 is 10.2 Å². The first-order chi connectivity index (χ1) is 13.2. The van der Waals surface area contributed by atoms with Gasteiger partial charge in [-0.1, -0.05) is 42.5 Å². The minimum Gasteiger partial charge on any atom is -0.352 e. The molecule has 0 bridgehead atoms. The number of non-ortho nitro benzene ring substituents is 1. The zero-order chi connectivity index (χ0) is 19.1. The number of aliphatic imine (C=N–C) groups is 1. The Morgan fingerprint density at radius 3 is 2.25 bits per heavy atom. The largest absolute Gasteiger partial charge is 0.352 e. The SMILES string of the molecule is CN=C(NCc1ccc([N+](=O)[O-])cc1)N1CCN(Cc2ccccc2)CC1.I. The Hall–Kier alpha value is -2.20. The van der Waals surface area contributed by atoms with E-state index in [9.17, 15) is 10.1 Å². The van der Waals surface area contributed by atoms with Crippen LogP contribution in [0.15, 0.2) is 59.6 Å². The van der Waals surface area contributed by atoms with Gasteiger partial charge in [-0.15, -0.1) is 24.0 Å². The summed E-state index contributed by atoms with van der Waals surface area (Å²) in [5, 5.41) is 14.1. The number of hydrogen-bond donors (Lipinski definition) is 1. The molecule has 0 unspecified atom stereocenters. The first kappa shape index (κ1) is 22.1. The number of nitro benzene ring substituents is 1. The second-order valence-electron chi connectivity index (χ2n) is 6.57. The van der Waals surface area contributed by atoms with Crippen molar-refractivity contribution in [1.82, 2.24) is 15.1 Å². The summed E-state index contributed by atoms with van der Waals surface area (Å²) >= 11 is 0. The molecule has 0 spiro atoms. The van der Waals surface area contributed by atoms with Gasteiger partial charge in [0.2, 0.25) is 0 Å². The van der Waals surface area contributed by atoms with Crippen molar-refractivity contribution in [3.8, 4) is 0 Å². The summed E-state index contributed by atoms with van der Waals surface area (Å²) in [6.07, 6.45) is 0. The van der Waals surface area contributed by atoms with Gasteiger partial charge in [0.05, 0.1) is 4.92 Å². The molecule has 28 heavy (non-hydrogen) atoms. The summed E-state index contributed by atoms with van der Waals surface area (Å²) < 4.78 is 0. The van der Waals surface area contributed by atoms with Crippen LogP contribution in [-0.4, -0.2) is 53.9 Å². The van der Waals surface area contributed by atoms with E-state index in [1.807, 2.05) is 6.07 Å². The van der Waals surface area contributed by atoms with Gasteiger partial charge in [0, 0.05) is 58.4 Å². The Balaban J connectivity index is 0.00000280. The average molecular weight is 495 g/mol. The highest BCUT2D eigenvalue weighted by Crippen LogP contribution is 2.12. The molecule has 0 amide bonds. The summed E-state index contributed by atoms with van der Waals surface area (Å²) in [7, 11) is 1.79. The highest BCUT2D eigenvalue weighted by Gasteiger charge is 2.19. The normalized spacial score (nSPS) is 15.0. The molecule has 1 N–H and O–H groups in total. The van der Waals surface area contributed by atoms with E-state index in [2.05, 4.69) is 44.4 Å². The van der Waals surface area contributed by atoms with Crippen LogP contribution in [0.5, 0.6) is 0 Å². The van der Waals surface area contributed by atoms with Crippen molar-refractivity contribution in [2.75, 3.05) is 33.2 Å². The number of benzene rings is 2. The van der Waals surface area contributed by atoms with Crippen molar-refractivity contribution < 1.29 is 4.92 Å². The van der Waals surface area contributed by atoms with E-state index < -0.39 is 0 Å². The van der Waals surface area contributed by atoms with Gasteiger partial charge in [-0.05, 0) is 11.1 Å². The van der Waals surface area contributed by atoms with E-state index >= 15 is 0 Å². The topological polar surface area (TPSA) is 74.0 Å². The standard InChI is InChI=1S/C20H25N5O2.HI/c1-21-20(22-15-17-7-9-19(10-8-17)25(26)27)24-13-11-23(12-14-24)16-18-5-3-2-4-6-18;/h2-10H,11-16H2,1H3,(H,21,22);1H. The van der Waals surface area contributed by atoms with Crippen LogP contribution >= 0.6 is 24.0 Å². The third-order valence-corrected chi connectivity index (χ3v) is 4.73. The van der Waals surface area contributed by atoms with Crippen molar-refractivity contribution >= 4 is 35.6 Å². The molecule has 0 aliphatic carbocycles. The predicted octanol–water partition coefficient (Wildman–Crippen LogP) is 3.11. The average Bonchev–Trinajstić information content (AvgIpc) is 2.71. The Labute approximate surface area is 182 Å². The molecule has 8 heteroatoms. The van der Waals surface area contributed by atoms with Gasteiger partial charge in [0.25, 0.3) is 5.69 Å². The summed E-state index contributed by atoms with van der Waals surface area (Å²) in [6, 6.07) is 17.1. The lowest BCUT2D eigenvalue weighted by atomic mass is 10.2. The Bertz CT molecular complexity index is 775. The Kier molecular flexibility index (Phi) is 8.65. The number of halogens is 1. The number of rotatable bonds is 5. The van der Waals surface area contributed by atoms with E-state index in [0.717, 1.165) is 44.2 Å². The number of nitrogens with zero attached hydrogens (tertiary/aromatic N) is 4. The monoisotopic (exact) mass is 495 g/mol.